The van der Waals surface area contributed by atoms with Gasteiger partial charge in [0.05, 0.1) is 5.92 Å². The molecule has 1 fully saturated rings. The van der Waals surface area contributed by atoms with E-state index in [1.807, 2.05) is 30.7 Å². The van der Waals surface area contributed by atoms with Crippen molar-refractivity contribution in [2.75, 3.05) is 13.1 Å². The van der Waals surface area contributed by atoms with E-state index in [-0.39, 0.29) is 11.9 Å². The first-order valence-corrected chi connectivity index (χ1v) is 6.69. The Morgan fingerprint density at radius 3 is 2.79 bits per heavy atom. The summed E-state index contributed by atoms with van der Waals surface area (Å²) in [5.41, 5.74) is 0.640. The molecule has 1 atom stereocenters. The first kappa shape index (κ1) is 13.6. The predicted molar refractivity (Wildman–Crippen MR) is 71.1 cm³/mol. The molecule has 5 heteroatoms. The minimum Gasteiger partial charge on any atom is -0.481 e. The Balaban J connectivity index is 2.15. The van der Waals surface area contributed by atoms with Crippen molar-refractivity contribution in [2.45, 2.75) is 32.7 Å². The number of amides is 1. The molecule has 19 heavy (non-hydrogen) atoms. The summed E-state index contributed by atoms with van der Waals surface area (Å²) >= 11 is 0. The van der Waals surface area contributed by atoms with Crippen LogP contribution in [0, 0.1) is 5.92 Å². The molecule has 0 radical (unpaired) electrons. The Morgan fingerprint density at radius 2 is 2.16 bits per heavy atom. The average molecular weight is 264 g/mol. The van der Waals surface area contributed by atoms with Crippen molar-refractivity contribution in [1.29, 1.82) is 0 Å². The van der Waals surface area contributed by atoms with Gasteiger partial charge in [-0.05, 0) is 38.8 Å². The molecule has 1 aromatic heterocycles. The number of carboxylic acids is 1. The molecule has 2 heterocycles. The lowest BCUT2D eigenvalue weighted by molar-refractivity contribution is -0.143. The van der Waals surface area contributed by atoms with E-state index in [9.17, 15) is 9.59 Å². The number of carboxylic acid groups (broad SMARTS) is 1. The summed E-state index contributed by atoms with van der Waals surface area (Å²) in [6.45, 7) is 5.00. The molecule has 1 aromatic rings. The van der Waals surface area contributed by atoms with E-state index in [0.717, 1.165) is 6.42 Å². The van der Waals surface area contributed by atoms with Crippen LogP contribution in [0.2, 0.25) is 0 Å². The normalized spacial score (nSPS) is 19.7. The van der Waals surface area contributed by atoms with Crippen LogP contribution in [0.15, 0.2) is 18.3 Å². The molecule has 5 nitrogen and oxygen atoms in total. The van der Waals surface area contributed by atoms with Gasteiger partial charge in [-0.1, -0.05) is 0 Å². The third-order valence-electron chi connectivity index (χ3n) is 3.61. The van der Waals surface area contributed by atoms with E-state index in [0.29, 0.717) is 25.2 Å². The first-order valence-electron chi connectivity index (χ1n) is 6.69. The SMILES string of the molecule is CC(C)n1cccc1C(=O)N1CCC[C@@H](C(=O)O)C1. The maximum atomic E-state index is 12.5. The fraction of sp³-hybridized carbons (Fsp3) is 0.571. The molecule has 0 aromatic carbocycles. The highest BCUT2D eigenvalue weighted by Crippen LogP contribution is 2.20. The molecule has 0 saturated carbocycles. The van der Waals surface area contributed by atoms with Crippen LogP contribution in [0.5, 0.6) is 0 Å². The van der Waals surface area contributed by atoms with Crippen LogP contribution in [-0.4, -0.2) is 39.5 Å². The maximum absolute atomic E-state index is 12.5. The summed E-state index contributed by atoms with van der Waals surface area (Å²) < 4.78 is 1.92. The van der Waals surface area contributed by atoms with Gasteiger partial charge in [-0.25, -0.2) is 0 Å². The lowest BCUT2D eigenvalue weighted by atomic mass is 9.98. The quantitative estimate of drug-likeness (QED) is 0.908. The molecular weight excluding hydrogens is 244 g/mol. The van der Waals surface area contributed by atoms with Crippen LogP contribution in [-0.2, 0) is 4.79 Å². The molecule has 1 amide bonds. The van der Waals surface area contributed by atoms with Gasteiger partial charge in [0.1, 0.15) is 5.69 Å². The lowest BCUT2D eigenvalue weighted by Crippen LogP contribution is -2.43. The number of aromatic nitrogens is 1. The number of carbonyl (C=O) groups is 2. The van der Waals surface area contributed by atoms with Crippen LogP contribution < -0.4 is 0 Å². The molecule has 2 rings (SSSR count). The molecule has 0 bridgehead atoms. The number of rotatable bonds is 3. The van der Waals surface area contributed by atoms with E-state index in [1.165, 1.54) is 0 Å². The minimum absolute atomic E-state index is 0.0651. The Morgan fingerprint density at radius 1 is 1.42 bits per heavy atom. The molecule has 1 N–H and O–H groups in total. The highest BCUT2D eigenvalue weighted by molar-refractivity contribution is 5.93. The van der Waals surface area contributed by atoms with E-state index < -0.39 is 11.9 Å². The van der Waals surface area contributed by atoms with Crippen LogP contribution in [0.3, 0.4) is 0 Å². The number of carbonyl (C=O) groups excluding carboxylic acids is 1. The Kier molecular flexibility index (Phi) is 3.93. The van der Waals surface area contributed by atoms with E-state index in [4.69, 9.17) is 5.11 Å². The standard InChI is InChI=1S/C14H20N2O3/c1-10(2)16-8-4-6-12(16)13(17)15-7-3-5-11(9-15)14(18)19/h4,6,8,10-11H,3,5,7,9H2,1-2H3,(H,18,19)/t11-/m1/s1. The second kappa shape index (κ2) is 5.47. The average Bonchev–Trinajstić information content (AvgIpc) is 2.87. The number of piperidine rings is 1. The van der Waals surface area contributed by atoms with E-state index >= 15 is 0 Å². The topological polar surface area (TPSA) is 62.5 Å². The van der Waals surface area contributed by atoms with Gasteiger partial charge in [0.15, 0.2) is 0 Å². The zero-order chi connectivity index (χ0) is 14.0. The molecule has 1 aliphatic heterocycles. The number of hydrogen-bond acceptors (Lipinski definition) is 2. The summed E-state index contributed by atoms with van der Waals surface area (Å²) in [5.74, 6) is -1.30. The molecule has 104 valence electrons. The van der Waals surface area contributed by atoms with Crippen molar-refractivity contribution in [3.05, 3.63) is 24.0 Å². The summed E-state index contributed by atoms with van der Waals surface area (Å²) in [6.07, 6.45) is 3.30. The Labute approximate surface area is 112 Å². The van der Waals surface area contributed by atoms with E-state index in [2.05, 4.69) is 0 Å². The van der Waals surface area contributed by atoms with Crippen LogP contribution in [0.25, 0.3) is 0 Å². The molecule has 0 spiro atoms. The number of aliphatic carboxylic acids is 1. The van der Waals surface area contributed by atoms with Crippen molar-refractivity contribution in [1.82, 2.24) is 9.47 Å². The number of nitrogens with zero attached hydrogens (tertiary/aromatic N) is 2. The maximum Gasteiger partial charge on any atom is 0.308 e. The zero-order valence-corrected chi connectivity index (χ0v) is 11.4. The fourth-order valence-electron chi connectivity index (χ4n) is 2.55. The summed E-state index contributed by atoms with van der Waals surface area (Å²) in [6, 6.07) is 3.87. The first-order chi connectivity index (χ1) is 9.00. The second-order valence-electron chi connectivity index (χ2n) is 5.32. The lowest BCUT2D eigenvalue weighted by Gasteiger charge is -2.31. The van der Waals surface area contributed by atoms with Crippen molar-refractivity contribution in [3.63, 3.8) is 0 Å². The third kappa shape index (κ3) is 2.80. The van der Waals surface area contributed by atoms with Gasteiger partial charge in [-0.3, -0.25) is 9.59 Å². The van der Waals surface area contributed by atoms with Crippen molar-refractivity contribution in [3.8, 4) is 0 Å². The predicted octanol–water partition coefficient (Wildman–Crippen LogP) is 2.01. The molecular formula is C14H20N2O3. The van der Waals surface area contributed by atoms with Crippen LogP contribution in [0.4, 0.5) is 0 Å². The van der Waals surface area contributed by atoms with Crippen molar-refractivity contribution >= 4 is 11.9 Å². The van der Waals surface area contributed by atoms with Gasteiger partial charge < -0.3 is 14.6 Å². The monoisotopic (exact) mass is 264 g/mol. The minimum atomic E-state index is -0.809. The van der Waals surface area contributed by atoms with Gasteiger partial charge in [-0.15, -0.1) is 0 Å². The van der Waals surface area contributed by atoms with Gasteiger partial charge in [0, 0.05) is 25.3 Å². The van der Waals surface area contributed by atoms with Crippen LogP contribution in [0.1, 0.15) is 43.2 Å². The van der Waals surface area contributed by atoms with Crippen molar-refractivity contribution in [2.24, 2.45) is 5.92 Å². The fourth-order valence-corrected chi connectivity index (χ4v) is 2.55. The second-order valence-corrected chi connectivity index (χ2v) is 5.32. The smallest absolute Gasteiger partial charge is 0.308 e. The summed E-state index contributed by atoms with van der Waals surface area (Å²) in [7, 11) is 0. The zero-order valence-electron chi connectivity index (χ0n) is 11.4. The molecule has 1 saturated heterocycles. The number of likely N-dealkylation sites (tertiary alicyclic amines) is 1. The molecule has 1 aliphatic rings. The van der Waals surface area contributed by atoms with Crippen LogP contribution >= 0.6 is 0 Å². The third-order valence-corrected chi connectivity index (χ3v) is 3.61. The van der Waals surface area contributed by atoms with Gasteiger partial charge in [-0.2, -0.15) is 0 Å². The number of hydrogen-bond donors (Lipinski definition) is 1. The van der Waals surface area contributed by atoms with Gasteiger partial charge >= 0.3 is 5.97 Å². The van der Waals surface area contributed by atoms with Crippen molar-refractivity contribution < 1.29 is 14.7 Å². The van der Waals surface area contributed by atoms with Gasteiger partial charge in [0.25, 0.3) is 5.91 Å². The molecule has 0 unspecified atom stereocenters. The Bertz CT molecular complexity index is 479. The largest absolute Gasteiger partial charge is 0.481 e. The molecule has 0 aliphatic carbocycles. The highest BCUT2D eigenvalue weighted by Gasteiger charge is 2.29. The van der Waals surface area contributed by atoms with Gasteiger partial charge in [0.2, 0.25) is 0 Å². The highest BCUT2D eigenvalue weighted by atomic mass is 16.4. The Hall–Kier alpha value is -1.78. The van der Waals surface area contributed by atoms with E-state index in [1.54, 1.807) is 11.0 Å². The summed E-state index contributed by atoms with van der Waals surface area (Å²) in [5, 5.41) is 9.07. The summed E-state index contributed by atoms with van der Waals surface area (Å²) in [4.78, 5) is 25.2.